The number of benzene rings is 2. The zero-order valence-corrected chi connectivity index (χ0v) is 15.9. The maximum atomic E-state index is 12.1. The van der Waals surface area contributed by atoms with Crippen LogP contribution in [-0.2, 0) is 4.79 Å². The number of unbranched alkanes of at least 4 members (excludes halogenated alkanes) is 3. The lowest BCUT2D eigenvalue weighted by Gasteiger charge is -2.16. The van der Waals surface area contributed by atoms with Crippen LogP contribution < -0.4 is 4.74 Å². The lowest BCUT2D eigenvalue weighted by molar-refractivity contribution is -0.117. The Morgan fingerprint density at radius 2 is 1.62 bits per heavy atom. The van der Waals surface area contributed by atoms with Gasteiger partial charge in [-0.3, -0.25) is 4.79 Å². The average molecular weight is 354 g/mol. The van der Waals surface area contributed by atoms with Crippen LogP contribution in [0.1, 0.15) is 63.0 Å². The number of ketones is 1. The zero-order chi connectivity index (χ0) is 18.8. The van der Waals surface area contributed by atoms with Gasteiger partial charge in [-0.25, -0.2) is 0 Å². The Labute approximate surface area is 157 Å². The Kier molecular flexibility index (Phi) is 8.36. The molecular formula is C23H30O3. The third-order valence-corrected chi connectivity index (χ3v) is 4.59. The fourth-order valence-corrected chi connectivity index (χ4v) is 3.15. The molecule has 2 rings (SSSR count). The molecule has 3 heteroatoms. The van der Waals surface area contributed by atoms with Crippen LogP contribution in [0.5, 0.6) is 5.75 Å². The number of rotatable bonds is 11. The van der Waals surface area contributed by atoms with E-state index in [9.17, 15) is 9.90 Å². The van der Waals surface area contributed by atoms with E-state index in [2.05, 4.69) is 6.92 Å². The first-order valence-corrected chi connectivity index (χ1v) is 9.58. The molecule has 0 saturated carbocycles. The van der Waals surface area contributed by atoms with Crippen LogP contribution in [0.25, 0.3) is 0 Å². The molecule has 0 saturated heterocycles. The standard InChI is InChI=1S/C23H30O3/c1-3-4-5-9-12-21(25)17-26-22-15-13-20(14-16-22)23(18(2)24)19-10-7-6-8-11-19/h6-8,10-11,13-16,21,23,25H,3-5,9,12,17H2,1-2H3. The van der Waals surface area contributed by atoms with Crippen molar-refractivity contribution in [1.82, 2.24) is 0 Å². The maximum Gasteiger partial charge on any atom is 0.141 e. The third kappa shape index (κ3) is 6.30. The first-order valence-electron chi connectivity index (χ1n) is 9.58. The molecule has 0 amide bonds. The van der Waals surface area contributed by atoms with Crippen molar-refractivity contribution in [2.45, 2.75) is 58.0 Å². The highest BCUT2D eigenvalue weighted by atomic mass is 16.5. The molecule has 0 aromatic heterocycles. The number of carbonyl (C=O) groups is 1. The van der Waals surface area contributed by atoms with E-state index in [-0.39, 0.29) is 11.7 Å². The zero-order valence-electron chi connectivity index (χ0n) is 15.9. The summed E-state index contributed by atoms with van der Waals surface area (Å²) < 4.78 is 5.69. The minimum Gasteiger partial charge on any atom is -0.491 e. The Hall–Kier alpha value is -2.13. The van der Waals surface area contributed by atoms with Gasteiger partial charge in [-0.1, -0.05) is 75.1 Å². The van der Waals surface area contributed by atoms with Crippen molar-refractivity contribution >= 4 is 5.78 Å². The van der Waals surface area contributed by atoms with Crippen molar-refractivity contribution in [3.8, 4) is 5.75 Å². The van der Waals surface area contributed by atoms with Crippen molar-refractivity contribution in [1.29, 1.82) is 0 Å². The van der Waals surface area contributed by atoms with E-state index in [1.54, 1.807) is 6.92 Å². The molecule has 2 unspecified atom stereocenters. The van der Waals surface area contributed by atoms with Gasteiger partial charge in [-0.2, -0.15) is 0 Å². The van der Waals surface area contributed by atoms with E-state index < -0.39 is 6.10 Å². The van der Waals surface area contributed by atoms with Gasteiger partial charge >= 0.3 is 0 Å². The third-order valence-electron chi connectivity index (χ3n) is 4.59. The van der Waals surface area contributed by atoms with Gasteiger partial charge in [-0.05, 0) is 36.6 Å². The topological polar surface area (TPSA) is 46.5 Å². The molecule has 0 aliphatic carbocycles. The second-order valence-electron chi connectivity index (χ2n) is 6.84. The number of Topliss-reactive ketones (excluding diaryl/α,β-unsaturated/α-hetero) is 1. The Balaban J connectivity index is 1.91. The average Bonchev–Trinajstić information content (AvgIpc) is 2.65. The monoisotopic (exact) mass is 354 g/mol. The summed E-state index contributed by atoms with van der Waals surface area (Å²) in [5.41, 5.74) is 1.95. The number of hydrogen-bond donors (Lipinski definition) is 1. The minimum absolute atomic E-state index is 0.118. The molecule has 1 N–H and O–H groups in total. The number of carbonyl (C=O) groups excluding carboxylic acids is 1. The SMILES string of the molecule is CCCCCCC(O)COc1ccc(C(C(C)=O)c2ccccc2)cc1. The van der Waals surface area contributed by atoms with Gasteiger partial charge in [0.2, 0.25) is 0 Å². The van der Waals surface area contributed by atoms with Crippen LogP contribution in [0.3, 0.4) is 0 Å². The molecule has 0 spiro atoms. The van der Waals surface area contributed by atoms with Crippen LogP contribution in [0, 0.1) is 0 Å². The molecule has 0 aliphatic rings. The molecule has 2 aromatic carbocycles. The maximum absolute atomic E-state index is 12.1. The van der Waals surface area contributed by atoms with Crippen molar-refractivity contribution in [2.75, 3.05) is 6.61 Å². The highest BCUT2D eigenvalue weighted by Crippen LogP contribution is 2.27. The second-order valence-corrected chi connectivity index (χ2v) is 6.84. The van der Waals surface area contributed by atoms with Gasteiger partial charge < -0.3 is 9.84 Å². The summed E-state index contributed by atoms with van der Waals surface area (Å²) in [7, 11) is 0. The Bertz CT molecular complexity index is 649. The van der Waals surface area contributed by atoms with Crippen molar-refractivity contribution < 1.29 is 14.6 Å². The number of hydrogen-bond acceptors (Lipinski definition) is 3. The van der Waals surface area contributed by atoms with Crippen LogP contribution >= 0.6 is 0 Å². The molecule has 2 atom stereocenters. The Morgan fingerprint density at radius 1 is 0.962 bits per heavy atom. The molecule has 0 heterocycles. The van der Waals surface area contributed by atoms with E-state index in [4.69, 9.17) is 4.74 Å². The summed E-state index contributed by atoms with van der Waals surface area (Å²) in [5.74, 6) is 0.582. The highest BCUT2D eigenvalue weighted by molar-refractivity contribution is 5.86. The second kappa shape index (κ2) is 10.8. The van der Waals surface area contributed by atoms with Gasteiger partial charge in [0.1, 0.15) is 18.1 Å². The molecule has 2 aromatic rings. The van der Waals surface area contributed by atoms with Crippen molar-refractivity contribution in [2.24, 2.45) is 0 Å². The van der Waals surface area contributed by atoms with Crippen molar-refractivity contribution in [3.05, 3.63) is 65.7 Å². The largest absolute Gasteiger partial charge is 0.491 e. The fourth-order valence-electron chi connectivity index (χ4n) is 3.15. The fraction of sp³-hybridized carbons (Fsp3) is 0.435. The molecule has 26 heavy (non-hydrogen) atoms. The molecule has 0 radical (unpaired) electrons. The lowest BCUT2D eigenvalue weighted by Crippen LogP contribution is -2.17. The lowest BCUT2D eigenvalue weighted by atomic mass is 9.88. The van der Waals surface area contributed by atoms with E-state index >= 15 is 0 Å². The molecule has 0 aliphatic heterocycles. The number of aliphatic hydroxyl groups is 1. The number of ether oxygens (including phenoxy) is 1. The summed E-state index contributed by atoms with van der Waals surface area (Å²) in [5, 5.41) is 10.0. The molecule has 0 bridgehead atoms. The summed E-state index contributed by atoms with van der Waals surface area (Å²) in [6, 6.07) is 17.4. The summed E-state index contributed by atoms with van der Waals surface area (Å²) in [4.78, 5) is 12.1. The predicted molar refractivity (Wildman–Crippen MR) is 106 cm³/mol. The van der Waals surface area contributed by atoms with Gasteiger partial charge in [-0.15, -0.1) is 0 Å². The summed E-state index contributed by atoms with van der Waals surface area (Å²) in [6.07, 6.45) is 4.96. The molecule has 0 fully saturated rings. The first-order chi connectivity index (χ1) is 12.6. The number of aliphatic hydroxyl groups excluding tert-OH is 1. The summed E-state index contributed by atoms with van der Waals surface area (Å²) >= 11 is 0. The predicted octanol–water partition coefficient (Wildman–Crippen LogP) is 5.12. The van der Waals surface area contributed by atoms with Crippen molar-refractivity contribution in [3.63, 3.8) is 0 Å². The quantitative estimate of drug-likeness (QED) is 0.570. The van der Waals surface area contributed by atoms with Crippen LogP contribution in [0.2, 0.25) is 0 Å². The van der Waals surface area contributed by atoms with E-state index in [0.29, 0.717) is 6.61 Å². The van der Waals surface area contributed by atoms with E-state index in [0.717, 1.165) is 36.1 Å². The van der Waals surface area contributed by atoms with E-state index in [1.165, 1.54) is 12.8 Å². The summed E-state index contributed by atoms with van der Waals surface area (Å²) in [6.45, 7) is 4.11. The highest BCUT2D eigenvalue weighted by Gasteiger charge is 2.18. The van der Waals surface area contributed by atoms with Gasteiger partial charge in [0, 0.05) is 0 Å². The van der Waals surface area contributed by atoms with Crippen LogP contribution in [0.4, 0.5) is 0 Å². The van der Waals surface area contributed by atoms with Gasteiger partial charge in [0.15, 0.2) is 0 Å². The Morgan fingerprint density at radius 3 is 2.23 bits per heavy atom. The van der Waals surface area contributed by atoms with E-state index in [1.807, 2.05) is 54.6 Å². The van der Waals surface area contributed by atoms with Gasteiger partial charge in [0.05, 0.1) is 12.0 Å². The smallest absolute Gasteiger partial charge is 0.141 e. The van der Waals surface area contributed by atoms with Crippen LogP contribution in [-0.4, -0.2) is 23.6 Å². The first kappa shape index (κ1) is 20.2. The van der Waals surface area contributed by atoms with Gasteiger partial charge in [0.25, 0.3) is 0 Å². The molecular weight excluding hydrogens is 324 g/mol. The minimum atomic E-state index is -0.430. The normalized spacial score (nSPS) is 13.2. The molecule has 3 nitrogen and oxygen atoms in total. The molecule has 140 valence electrons. The van der Waals surface area contributed by atoms with Crippen LogP contribution in [0.15, 0.2) is 54.6 Å².